The average molecular weight is 399 g/mol. The number of halogens is 1. The van der Waals surface area contributed by atoms with Crippen LogP contribution in [-0.4, -0.2) is 27.9 Å². The van der Waals surface area contributed by atoms with Crippen molar-refractivity contribution in [1.29, 1.82) is 0 Å². The fourth-order valence-corrected chi connectivity index (χ4v) is 3.50. The first-order valence-corrected chi connectivity index (χ1v) is 10.0. The van der Waals surface area contributed by atoms with Crippen molar-refractivity contribution in [2.24, 2.45) is 0 Å². The van der Waals surface area contributed by atoms with Gasteiger partial charge in [0, 0.05) is 12.5 Å². The largest absolute Gasteiger partial charge is 0.411 e. The van der Waals surface area contributed by atoms with Gasteiger partial charge in [0.15, 0.2) is 0 Å². The molecule has 3 rings (SSSR count). The maximum Gasteiger partial charge on any atom is 0.277 e. The van der Waals surface area contributed by atoms with E-state index in [0.717, 1.165) is 18.2 Å². The van der Waals surface area contributed by atoms with Crippen LogP contribution in [-0.2, 0) is 4.79 Å². The summed E-state index contributed by atoms with van der Waals surface area (Å²) in [5.41, 5.74) is 1.45. The predicted octanol–water partition coefficient (Wildman–Crippen LogP) is 4.67. The van der Waals surface area contributed by atoms with Crippen molar-refractivity contribution in [1.82, 2.24) is 15.5 Å². The first kappa shape index (κ1) is 20.1. The van der Waals surface area contributed by atoms with Crippen molar-refractivity contribution in [3.05, 3.63) is 66.0 Å². The molecule has 0 radical (unpaired) electrons. The van der Waals surface area contributed by atoms with Crippen molar-refractivity contribution in [3.8, 4) is 11.5 Å². The third-order valence-corrected chi connectivity index (χ3v) is 5.38. The lowest BCUT2D eigenvalue weighted by molar-refractivity contribution is -0.120. The molecular formula is C21H22FN3O2S. The summed E-state index contributed by atoms with van der Waals surface area (Å²) in [6, 6.07) is 16.3. The lowest BCUT2D eigenvalue weighted by Gasteiger charge is -2.17. The molecular weight excluding hydrogens is 377 g/mol. The van der Waals surface area contributed by atoms with Crippen LogP contribution < -0.4 is 5.32 Å². The molecule has 146 valence electrons. The predicted molar refractivity (Wildman–Crippen MR) is 107 cm³/mol. The molecule has 7 heteroatoms. The second-order valence-corrected chi connectivity index (χ2v) is 7.67. The molecule has 5 nitrogen and oxygen atoms in total. The van der Waals surface area contributed by atoms with Crippen molar-refractivity contribution in [2.75, 3.05) is 6.54 Å². The van der Waals surface area contributed by atoms with Gasteiger partial charge < -0.3 is 9.73 Å². The third-order valence-electron chi connectivity index (χ3n) is 4.44. The minimum atomic E-state index is -0.431. The fourth-order valence-electron chi connectivity index (χ4n) is 2.80. The quantitative estimate of drug-likeness (QED) is 0.558. The molecule has 0 bridgehead atoms. The molecule has 1 amide bonds. The Hall–Kier alpha value is -2.67. The van der Waals surface area contributed by atoms with Crippen LogP contribution >= 0.6 is 11.8 Å². The Morgan fingerprint density at radius 1 is 1.14 bits per heavy atom. The van der Waals surface area contributed by atoms with Gasteiger partial charge in [-0.1, -0.05) is 61.2 Å². The highest BCUT2D eigenvalue weighted by Crippen LogP contribution is 2.27. The smallest absolute Gasteiger partial charge is 0.277 e. The minimum Gasteiger partial charge on any atom is -0.411 e. The number of thioether (sulfide) groups is 1. The van der Waals surface area contributed by atoms with Gasteiger partial charge in [0.1, 0.15) is 5.82 Å². The first-order valence-electron chi connectivity index (χ1n) is 9.16. The number of amides is 1. The van der Waals surface area contributed by atoms with Crippen LogP contribution in [0.15, 0.2) is 64.2 Å². The zero-order valence-electron chi connectivity index (χ0n) is 15.8. The number of nitrogens with zero attached hydrogens (tertiary/aromatic N) is 2. The first-order chi connectivity index (χ1) is 13.6. The molecule has 0 saturated heterocycles. The van der Waals surface area contributed by atoms with Crippen LogP contribution in [0.4, 0.5) is 4.39 Å². The zero-order chi connectivity index (χ0) is 19.9. The van der Waals surface area contributed by atoms with Gasteiger partial charge in [-0.2, -0.15) is 0 Å². The van der Waals surface area contributed by atoms with Gasteiger partial charge in [-0.25, -0.2) is 4.39 Å². The number of hydrogen-bond donors (Lipinski definition) is 1. The summed E-state index contributed by atoms with van der Waals surface area (Å²) in [4.78, 5) is 12.4. The van der Waals surface area contributed by atoms with E-state index < -0.39 is 11.1 Å². The van der Waals surface area contributed by atoms with E-state index in [0.29, 0.717) is 6.54 Å². The van der Waals surface area contributed by atoms with Crippen LogP contribution in [0.3, 0.4) is 0 Å². The van der Waals surface area contributed by atoms with Gasteiger partial charge in [0.05, 0.1) is 10.8 Å². The number of hydrogen-bond acceptors (Lipinski definition) is 5. The van der Waals surface area contributed by atoms with Crippen molar-refractivity contribution in [2.45, 2.75) is 36.7 Å². The molecule has 0 fully saturated rings. The van der Waals surface area contributed by atoms with Gasteiger partial charge >= 0.3 is 0 Å². The Morgan fingerprint density at radius 2 is 1.86 bits per heavy atom. The molecule has 0 aliphatic carbocycles. The topological polar surface area (TPSA) is 68.0 Å². The summed E-state index contributed by atoms with van der Waals surface area (Å²) < 4.78 is 19.3. The highest BCUT2D eigenvalue weighted by molar-refractivity contribution is 8.00. The lowest BCUT2D eigenvalue weighted by Crippen LogP contribution is -2.34. The van der Waals surface area contributed by atoms with Crippen LogP contribution in [0.25, 0.3) is 11.5 Å². The molecule has 0 aliphatic rings. The Balaban J connectivity index is 1.57. The molecule has 1 heterocycles. The summed E-state index contributed by atoms with van der Waals surface area (Å²) in [7, 11) is 0. The zero-order valence-corrected chi connectivity index (χ0v) is 16.6. The Labute approximate surface area is 167 Å². The molecule has 0 aliphatic heterocycles. The second-order valence-electron chi connectivity index (χ2n) is 6.37. The number of aromatic nitrogens is 2. The van der Waals surface area contributed by atoms with E-state index in [1.165, 1.54) is 11.6 Å². The number of nitrogens with one attached hydrogen (secondary N) is 1. The molecule has 3 aromatic rings. The van der Waals surface area contributed by atoms with E-state index in [4.69, 9.17) is 4.42 Å². The monoisotopic (exact) mass is 399 g/mol. The Bertz CT molecular complexity index is 917. The van der Waals surface area contributed by atoms with Crippen LogP contribution in [0.5, 0.6) is 0 Å². The van der Waals surface area contributed by atoms with Gasteiger partial charge in [-0.15, -0.1) is 10.2 Å². The normalized spacial score (nSPS) is 13.1. The van der Waals surface area contributed by atoms with E-state index in [9.17, 15) is 9.18 Å². The molecule has 0 saturated carbocycles. The van der Waals surface area contributed by atoms with Crippen LogP contribution in [0.1, 0.15) is 31.7 Å². The van der Waals surface area contributed by atoms with E-state index in [1.54, 1.807) is 25.1 Å². The summed E-state index contributed by atoms with van der Waals surface area (Å²) in [5.74, 6) is -0.174. The van der Waals surface area contributed by atoms with E-state index in [1.807, 2.05) is 18.2 Å². The van der Waals surface area contributed by atoms with E-state index in [2.05, 4.69) is 34.6 Å². The average Bonchev–Trinajstić information content (AvgIpc) is 3.17. The molecule has 28 heavy (non-hydrogen) atoms. The van der Waals surface area contributed by atoms with Crippen molar-refractivity contribution < 1.29 is 13.6 Å². The summed E-state index contributed by atoms with van der Waals surface area (Å²) in [6.45, 7) is 4.44. The van der Waals surface area contributed by atoms with E-state index in [-0.39, 0.29) is 28.5 Å². The number of benzene rings is 2. The number of rotatable bonds is 8. The highest BCUT2D eigenvalue weighted by atomic mass is 32.2. The van der Waals surface area contributed by atoms with Gasteiger partial charge in [0.2, 0.25) is 5.91 Å². The Morgan fingerprint density at radius 3 is 2.57 bits per heavy atom. The molecule has 2 atom stereocenters. The maximum atomic E-state index is 13.8. The molecule has 0 unspecified atom stereocenters. The second kappa shape index (κ2) is 9.50. The van der Waals surface area contributed by atoms with Gasteiger partial charge in [0.25, 0.3) is 11.1 Å². The third kappa shape index (κ3) is 4.98. The standard InChI is InChI=1S/C21H22FN3O2S/c1-3-15(16-9-5-4-6-10-16)13-23-19(26)14(2)28-21-25-24-20(27-21)17-11-7-8-12-18(17)22/h4-12,14-15H,3,13H2,1-2H3,(H,23,26)/t14-,15-/m1/s1. The van der Waals surface area contributed by atoms with Crippen LogP contribution in [0.2, 0.25) is 0 Å². The summed E-state index contributed by atoms with van der Waals surface area (Å²) in [6.07, 6.45) is 0.932. The summed E-state index contributed by atoms with van der Waals surface area (Å²) in [5, 5.41) is 10.6. The molecule has 2 aromatic carbocycles. The number of carbonyl (C=O) groups excluding carboxylic acids is 1. The Kier molecular flexibility index (Phi) is 6.81. The highest BCUT2D eigenvalue weighted by Gasteiger charge is 2.20. The van der Waals surface area contributed by atoms with Crippen LogP contribution in [0, 0.1) is 5.82 Å². The van der Waals surface area contributed by atoms with Crippen molar-refractivity contribution in [3.63, 3.8) is 0 Å². The van der Waals surface area contributed by atoms with Gasteiger partial charge in [-0.3, -0.25) is 4.79 Å². The van der Waals surface area contributed by atoms with Crippen molar-refractivity contribution >= 4 is 17.7 Å². The number of carbonyl (C=O) groups is 1. The molecule has 0 spiro atoms. The summed E-state index contributed by atoms with van der Waals surface area (Å²) >= 11 is 1.15. The molecule has 1 aromatic heterocycles. The minimum absolute atomic E-state index is 0.100. The lowest BCUT2D eigenvalue weighted by atomic mass is 9.96. The SMILES string of the molecule is CC[C@H](CNC(=O)[C@@H](C)Sc1nnc(-c2ccccc2F)o1)c1ccccc1. The fraction of sp³-hybridized carbons (Fsp3) is 0.286. The van der Waals surface area contributed by atoms with E-state index >= 15 is 0 Å². The van der Waals surface area contributed by atoms with Gasteiger partial charge in [-0.05, 0) is 31.0 Å². The maximum absolute atomic E-state index is 13.8. The molecule has 1 N–H and O–H groups in total.